The molecule has 4 rings (SSSR count). The number of carbonyl (C=O) groups is 1. The van der Waals surface area contributed by atoms with Crippen molar-refractivity contribution in [1.82, 2.24) is 24.6 Å². The van der Waals surface area contributed by atoms with E-state index in [0.717, 1.165) is 5.56 Å². The Kier molecular flexibility index (Phi) is 5.94. The maximum atomic E-state index is 14.1. The number of nitrogens with zero attached hydrogens (tertiary/aromatic N) is 4. The van der Waals surface area contributed by atoms with Crippen LogP contribution in [0.1, 0.15) is 35.7 Å². The van der Waals surface area contributed by atoms with Crippen LogP contribution in [0.15, 0.2) is 47.5 Å². The quantitative estimate of drug-likeness (QED) is 0.652. The van der Waals surface area contributed by atoms with Gasteiger partial charge in [0, 0.05) is 36.1 Å². The van der Waals surface area contributed by atoms with Crippen LogP contribution in [0.4, 0.5) is 4.39 Å². The molecule has 0 radical (unpaired) electrons. The second kappa shape index (κ2) is 8.79. The van der Waals surface area contributed by atoms with Crippen molar-refractivity contribution in [3.63, 3.8) is 0 Å². The molecule has 0 aliphatic carbocycles. The minimum absolute atomic E-state index is 0.0826. The molecule has 2 aromatic heterocycles. The number of rotatable bonds is 6. The molecule has 1 aliphatic heterocycles. The first-order chi connectivity index (χ1) is 14.5. The zero-order chi connectivity index (χ0) is 21.1. The summed E-state index contributed by atoms with van der Waals surface area (Å²) in [6.45, 7) is 0.885. The fraction of sp³-hybridized carbons (Fsp3) is 0.333. The highest BCUT2D eigenvalue weighted by Crippen LogP contribution is 2.25. The van der Waals surface area contributed by atoms with E-state index in [2.05, 4.69) is 15.4 Å². The first kappa shape index (κ1) is 20.3. The molecule has 0 saturated carbocycles. The maximum Gasteiger partial charge on any atom is 0.346 e. The van der Waals surface area contributed by atoms with Crippen molar-refractivity contribution < 1.29 is 9.18 Å². The minimum atomic E-state index is -0.513. The number of halogens is 2. The topological polar surface area (TPSA) is 81.8 Å². The van der Waals surface area contributed by atoms with Gasteiger partial charge in [-0.25, -0.2) is 13.9 Å². The molecule has 1 aromatic carbocycles. The van der Waals surface area contributed by atoms with E-state index in [0.29, 0.717) is 38.2 Å². The van der Waals surface area contributed by atoms with Crippen LogP contribution in [0.3, 0.4) is 0 Å². The standard InChI is InChI=1S/C21H21ClFN5O2/c22-17-4-1-5-18(23)16(17)13-28-21(30)27-12-2-3-15(19(27)26-28)20(29)25-11-8-14-6-9-24-10-7-14/h1,4-7,9-10,15H,2-3,8,11-13H2,(H,25,29). The van der Waals surface area contributed by atoms with E-state index in [1.807, 2.05) is 12.1 Å². The van der Waals surface area contributed by atoms with Gasteiger partial charge in [-0.15, -0.1) is 0 Å². The average molecular weight is 430 g/mol. The summed E-state index contributed by atoms with van der Waals surface area (Å²) < 4.78 is 16.8. The van der Waals surface area contributed by atoms with Gasteiger partial charge in [0.05, 0.1) is 12.5 Å². The van der Waals surface area contributed by atoms with Crippen LogP contribution >= 0.6 is 11.6 Å². The van der Waals surface area contributed by atoms with Crippen LogP contribution in [0.5, 0.6) is 0 Å². The Labute approximate surface area is 177 Å². The second-order valence-corrected chi connectivity index (χ2v) is 7.65. The van der Waals surface area contributed by atoms with Crippen molar-refractivity contribution in [3.05, 3.63) is 81.0 Å². The fourth-order valence-electron chi connectivity index (χ4n) is 3.70. The number of nitrogens with one attached hydrogen (secondary N) is 1. The Hall–Kier alpha value is -3.00. The number of fused-ring (bicyclic) bond motifs is 1. The average Bonchev–Trinajstić information content (AvgIpc) is 3.07. The predicted molar refractivity (Wildman–Crippen MR) is 110 cm³/mol. The molecule has 1 unspecified atom stereocenters. The molecule has 0 fully saturated rings. The minimum Gasteiger partial charge on any atom is -0.355 e. The summed E-state index contributed by atoms with van der Waals surface area (Å²) in [6, 6.07) is 8.18. The van der Waals surface area contributed by atoms with E-state index >= 15 is 0 Å². The lowest BCUT2D eigenvalue weighted by molar-refractivity contribution is -0.123. The zero-order valence-electron chi connectivity index (χ0n) is 16.2. The van der Waals surface area contributed by atoms with Crippen molar-refractivity contribution >= 4 is 17.5 Å². The molecule has 1 aliphatic rings. The highest BCUT2D eigenvalue weighted by molar-refractivity contribution is 6.31. The Morgan fingerprint density at radius 3 is 2.83 bits per heavy atom. The van der Waals surface area contributed by atoms with Gasteiger partial charge in [0.15, 0.2) is 0 Å². The Bertz CT molecular complexity index is 1090. The van der Waals surface area contributed by atoms with Crippen LogP contribution in [0.25, 0.3) is 0 Å². The van der Waals surface area contributed by atoms with Crippen molar-refractivity contribution in [2.75, 3.05) is 6.54 Å². The molecule has 0 saturated heterocycles. The highest BCUT2D eigenvalue weighted by atomic mass is 35.5. The van der Waals surface area contributed by atoms with E-state index in [4.69, 9.17) is 11.6 Å². The summed E-state index contributed by atoms with van der Waals surface area (Å²) in [4.78, 5) is 29.5. The summed E-state index contributed by atoms with van der Waals surface area (Å²) in [5.41, 5.74) is 0.922. The van der Waals surface area contributed by atoms with Gasteiger partial charge in [-0.3, -0.25) is 14.3 Å². The third-order valence-electron chi connectivity index (χ3n) is 5.29. The van der Waals surface area contributed by atoms with Gasteiger partial charge in [0.2, 0.25) is 5.91 Å². The first-order valence-electron chi connectivity index (χ1n) is 9.81. The smallest absolute Gasteiger partial charge is 0.346 e. The number of benzene rings is 1. The Morgan fingerprint density at radius 2 is 2.07 bits per heavy atom. The van der Waals surface area contributed by atoms with E-state index in [1.54, 1.807) is 18.5 Å². The molecule has 9 heteroatoms. The molecule has 1 atom stereocenters. The van der Waals surface area contributed by atoms with E-state index < -0.39 is 11.7 Å². The molecule has 7 nitrogen and oxygen atoms in total. The lowest BCUT2D eigenvalue weighted by Crippen LogP contribution is -2.36. The van der Waals surface area contributed by atoms with E-state index in [9.17, 15) is 14.0 Å². The molecule has 1 N–H and O–H groups in total. The predicted octanol–water partition coefficient (Wildman–Crippen LogP) is 2.52. The highest BCUT2D eigenvalue weighted by Gasteiger charge is 2.31. The number of amides is 1. The molecule has 1 amide bonds. The number of carbonyl (C=O) groups excluding carboxylic acids is 1. The molecule has 30 heavy (non-hydrogen) atoms. The molecule has 156 valence electrons. The maximum absolute atomic E-state index is 14.1. The second-order valence-electron chi connectivity index (χ2n) is 7.24. The monoisotopic (exact) mass is 429 g/mol. The fourth-order valence-corrected chi connectivity index (χ4v) is 3.92. The molecule has 0 spiro atoms. The first-order valence-corrected chi connectivity index (χ1v) is 10.2. The van der Waals surface area contributed by atoms with Gasteiger partial charge < -0.3 is 5.32 Å². The number of hydrogen-bond donors (Lipinski definition) is 1. The van der Waals surface area contributed by atoms with Gasteiger partial charge >= 0.3 is 5.69 Å². The summed E-state index contributed by atoms with van der Waals surface area (Å²) in [7, 11) is 0. The van der Waals surface area contributed by atoms with Crippen molar-refractivity contribution in [2.45, 2.75) is 38.3 Å². The summed E-state index contributed by atoms with van der Waals surface area (Å²) in [6.07, 6.45) is 5.42. The Morgan fingerprint density at radius 1 is 1.27 bits per heavy atom. The van der Waals surface area contributed by atoms with Crippen LogP contribution in [-0.4, -0.2) is 31.8 Å². The van der Waals surface area contributed by atoms with Crippen LogP contribution < -0.4 is 11.0 Å². The number of hydrogen-bond acceptors (Lipinski definition) is 4. The van der Waals surface area contributed by atoms with Crippen LogP contribution in [0, 0.1) is 5.82 Å². The van der Waals surface area contributed by atoms with Crippen molar-refractivity contribution in [2.24, 2.45) is 0 Å². The Balaban J connectivity index is 1.50. The number of pyridine rings is 1. The van der Waals surface area contributed by atoms with Gasteiger partial charge in [0.1, 0.15) is 11.6 Å². The van der Waals surface area contributed by atoms with Crippen LogP contribution in [-0.2, 0) is 24.3 Å². The molecule has 3 heterocycles. The van der Waals surface area contributed by atoms with Gasteiger partial charge in [-0.05, 0) is 49.1 Å². The zero-order valence-corrected chi connectivity index (χ0v) is 17.0. The lowest BCUT2D eigenvalue weighted by atomic mass is 9.98. The summed E-state index contributed by atoms with van der Waals surface area (Å²) in [5.74, 6) is -0.752. The molecule has 0 bridgehead atoms. The van der Waals surface area contributed by atoms with E-state index in [1.165, 1.54) is 21.4 Å². The normalized spacial score (nSPS) is 15.6. The summed E-state index contributed by atoms with van der Waals surface area (Å²) >= 11 is 6.09. The van der Waals surface area contributed by atoms with Gasteiger partial charge in [-0.2, -0.15) is 5.10 Å². The third-order valence-corrected chi connectivity index (χ3v) is 5.64. The van der Waals surface area contributed by atoms with Crippen LogP contribution in [0.2, 0.25) is 5.02 Å². The van der Waals surface area contributed by atoms with E-state index in [-0.39, 0.29) is 28.7 Å². The lowest BCUT2D eigenvalue weighted by Gasteiger charge is -2.21. The molecular formula is C21H21ClFN5O2. The molecular weight excluding hydrogens is 409 g/mol. The molecule has 3 aromatic rings. The van der Waals surface area contributed by atoms with Crippen molar-refractivity contribution in [1.29, 1.82) is 0 Å². The van der Waals surface area contributed by atoms with Crippen molar-refractivity contribution in [3.8, 4) is 0 Å². The largest absolute Gasteiger partial charge is 0.355 e. The SMILES string of the molecule is O=C(NCCc1ccncc1)C1CCCn2c1nn(Cc1c(F)cccc1Cl)c2=O. The number of aromatic nitrogens is 4. The third kappa shape index (κ3) is 4.14. The van der Waals surface area contributed by atoms with Gasteiger partial charge in [0.25, 0.3) is 0 Å². The van der Waals surface area contributed by atoms with Gasteiger partial charge in [-0.1, -0.05) is 17.7 Å². The summed E-state index contributed by atoms with van der Waals surface area (Å²) in [5, 5.41) is 7.54.